The van der Waals surface area contributed by atoms with E-state index in [4.69, 9.17) is 4.52 Å². The van der Waals surface area contributed by atoms with Gasteiger partial charge >= 0.3 is 0 Å². The van der Waals surface area contributed by atoms with Crippen LogP contribution >= 0.6 is 11.3 Å². The molecule has 0 saturated carbocycles. The molecule has 20 heavy (non-hydrogen) atoms. The van der Waals surface area contributed by atoms with Crippen molar-refractivity contribution in [2.75, 3.05) is 31.1 Å². The predicted molar refractivity (Wildman–Crippen MR) is 78.0 cm³/mol. The topological polar surface area (TPSA) is 58.3 Å². The first-order valence-corrected chi connectivity index (χ1v) is 7.79. The van der Waals surface area contributed by atoms with Crippen LogP contribution in [0.1, 0.15) is 31.5 Å². The zero-order valence-corrected chi connectivity index (χ0v) is 12.6. The van der Waals surface area contributed by atoms with E-state index in [1.165, 1.54) is 0 Å². The highest BCUT2D eigenvalue weighted by atomic mass is 32.1. The third kappa shape index (κ3) is 2.99. The number of thiazole rings is 1. The highest BCUT2D eigenvalue weighted by molar-refractivity contribution is 7.13. The molecule has 0 bridgehead atoms. The molecular weight excluding hydrogens is 274 g/mol. The first-order chi connectivity index (χ1) is 9.72. The van der Waals surface area contributed by atoms with Crippen LogP contribution in [0.2, 0.25) is 0 Å². The van der Waals surface area contributed by atoms with Gasteiger partial charge in [0.2, 0.25) is 5.89 Å². The summed E-state index contributed by atoms with van der Waals surface area (Å²) in [6.45, 7) is 8.88. The van der Waals surface area contributed by atoms with E-state index >= 15 is 0 Å². The van der Waals surface area contributed by atoms with E-state index in [-0.39, 0.29) is 0 Å². The number of rotatable bonds is 4. The molecule has 0 aliphatic carbocycles. The standard InChI is InChI=1S/C13H19N5OS/c1-10(2)12-15-11(19-16-12)9-17-4-6-18(7-5-17)13-14-3-8-20-13/h3,8,10H,4-7,9H2,1-2H3. The minimum atomic E-state index is 0.314. The Morgan fingerprint density at radius 1 is 1.30 bits per heavy atom. The summed E-state index contributed by atoms with van der Waals surface area (Å²) in [4.78, 5) is 13.5. The number of piperazine rings is 1. The lowest BCUT2D eigenvalue weighted by molar-refractivity contribution is 0.215. The molecule has 1 fully saturated rings. The van der Waals surface area contributed by atoms with Gasteiger partial charge in [-0.1, -0.05) is 19.0 Å². The lowest BCUT2D eigenvalue weighted by Crippen LogP contribution is -2.46. The van der Waals surface area contributed by atoms with Crippen molar-refractivity contribution in [2.45, 2.75) is 26.3 Å². The highest BCUT2D eigenvalue weighted by Gasteiger charge is 2.20. The van der Waals surface area contributed by atoms with E-state index in [0.717, 1.165) is 49.6 Å². The van der Waals surface area contributed by atoms with Gasteiger partial charge < -0.3 is 9.42 Å². The van der Waals surface area contributed by atoms with Gasteiger partial charge in [-0.2, -0.15) is 4.98 Å². The van der Waals surface area contributed by atoms with Crippen molar-refractivity contribution in [3.8, 4) is 0 Å². The number of hydrogen-bond acceptors (Lipinski definition) is 7. The van der Waals surface area contributed by atoms with Crippen molar-refractivity contribution in [3.63, 3.8) is 0 Å². The lowest BCUT2D eigenvalue weighted by Gasteiger charge is -2.33. The quantitative estimate of drug-likeness (QED) is 0.859. The van der Waals surface area contributed by atoms with Gasteiger partial charge in [-0.15, -0.1) is 11.3 Å². The van der Waals surface area contributed by atoms with E-state index in [9.17, 15) is 0 Å². The fourth-order valence-corrected chi connectivity index (χ4v) is 2.92. The summed E-state index contributed by atoms with van der Waals surface area (Å²) in [5.41, 5.74) is 0. The van der Waals surface area contributed by atoms with E-state index < -0.39 is 0 Å². The Balaban J connectivity index is 1.53. The van der Waals surface area contributed by atoms with Crippen LogP contribution in [0.5, 0.6) is 0 Å². The molecule has 7 heteroatoms. The molecule has 2 aromatic heterocycles. The minimum absolute atomic E-state index is 0.314. The Hall–Kier alpha value is -1.47. The third-order valence-electron chi connectivity index (χ3n) is 3.42. The van der Waals surface area contributed by atoms with Crippen molar-refractivity contribution in [3.05, 3.63) is 23.3 Å². The summed E-state index contributed by atoms with van der Waals surface area (Å²) in [7, 11) is 0. The number of aromatic nitrogens is 3. The molecule has 1 saturated heterocycles. The Morgan fingerprint density at radius 2 is 2.10 bits per heavy atom. The zero-order chi connectivity index (χ0) is 13.9. The summed E-state index contributed by atoms with van der Waals surface area (Å²) in [5, 5.41) is 7.14. The van der Waals surface area contributed by atoms with Crippen LogP contribution in [-0.2, 0) is 6.54 Å². The van der Waals surface area contributed by atoms with Gasteiger partial charge in [0.25, 0.3) is 0 Å². The van der Waals surface area contributed by atoms with Crippen LogP contribution in [0.3, 0.4) is 0 Å². The van der Waals surface area contributed by atoms with E-state index in [0.29, 0.717) is 5.92 Å². The summed E-state index contributed by atoms with van der Waals surface area (Å²) in [6, 6.07) is 0. The van der Waals surface area contributed by atoms with Crippen molar-refractivity contribution >= 4 is 16.5 Å². The maximum absolute atomic E-state index is 5.30. The van der Waals surface area contributed by atoms with Crippen molar-refractivity contribution < 1.29 is 4.52 Å². The van der Waals surface area contributed by atoms with Gasteiger partial charge in [-0.25, -0.2) is 4.98 Å². The average molecular weight is 293 g/mol. The fourth-order valence-electron chi connectivity index (χ4n) is 2.23. The van der Waals surface area contributed by atoms with Crippen LogP contribution < -0.4 is 4.90 Å². The second kappa shape index (κ2) is 5.88. The van der Waals surface area contributed by atoms with E-state index in [1.54, 1.807) is 11.3 Å². The molecule has 0 unspecified atom stereocenters. The molecule has 0 spiro atoms. The van der Waals surface area contributed by atoms with Crippen LogP contribution in [0.15, 0.2) is 16.1 Å². The van der Waals surface area contributed by atoms with Crippen molar-refractivity contribution in [1.82, 2.24) is 20.0 Å². The summed E-state index contributed by atoms with van der Waals surface area (Å²) < 4.78 is 5.30. The second-order valence-electron chi connectivity index (χ2n) is 5.28. The largest absolute Gasteiger partial charge is 0.346 e. The second-order valence-corrected chi connectivity index (χ2v) is 6.15. The summed E-state index contributed by atoms with van der Waals surface area (Å²) >= 11 is 1.70. The van der Waals surface area contributed by atoms with E-state index in [2.05, 4.69) is 38.8 Å². The van der Waals surface area contributed by atoms with Crippen molar-refractivity contribution in [2.24, 2.45) is 0 Å². The van der Waals surface area contributed by atoms with Gasteiger partial charge in [0, 0.05) is 43.7 Å². The molecule has 2 aromatic rings. The van der Waals surface area contributed by atoms with Gasteiger partial charge in [-0.05, 0) is 0 Å². The molecule has 108 valence electrons. The number of nitrogens with zero attached hydrogens (tertiary/aromatic N) is 5. The predicted octanol–water partition coefficient (Wildman–Crippen LogP) is 1.97. The Morgan fingerprint density at radius 3 is 2.70 bits per heavy atom. The SMILES string of the molecule is CC(C)c1noc(CN2CCN(c3nccs3)CC2)n1. The zero-order valence-electron chi connectivity index (χ0n) is 11.8. The van der Waals surface area contributed by atoms with Gasteiger partial charge in [0.15, 0.2) is 11.0 Å². The van der Waals surface area contributed by atoms with Crippen LogP contribution in [-0.4, -0.2) is 46.2 Å². The minimum Gasteiger partial charge on any atom is -0.346 e. The summed E-state index contributed by atoms with van der Waals surface area (Å²) in [6.07, 6.45) is 1.86. The maximum Gasteiger partial charge on any atom is 0.240 e. The number of anilines is 1. The lowest BCUT2D eigenvalue weighted by atomic mass is 10.2. The summed E-state index contributed by atoms with van der Waals surface area (Å²) in [5.74, 6) is 1.83. The highest BCUT2D eigenvalue weighted by Crippen LogP contribution is 2.19. The Bertz CT molecular complexity index is 531. The van der Waals surface area contributed by atoms with Gasteiger partial charge in [0.05, 0.1) is 6.54 Å². The van der Waals surface area contributed by atoms with Crippen LogP contribution in [0.25, 0.3) is 0 Å². The van der Waals surface area contributed by atoms with E-state index in [1.807, 2.05) is 11.6 Å². The number of hydrogen-bond donors (Lipinski definition) is 0. The molecule has 3 rings (SSSR count). The fraction of sp³-hybridized carbons (Fsp3) is 0.615. The maximum atomic E-state index is 5.30. The average Bonchev–Trinajstić information content (AvgIpc) is 3.10. The molecule has 0 atom stereocenters. The normalized spacial score (nSPS) is 17.1. The third-order valence-corrected chi connectivity index (χ3v) is 4.25. The molecular formula is C13H19N5OS. The van der Waals surface area contributed by atoms with Gasteiger partial charge in [-0.3, -0.25) is 4.90 Å². The van der Waals surface area contributed by atoms with Crippen molar-refractivity contribution in [1.29, 1.82) is 0 Å². The first kappa shape index (κ1) is 13.5. The molecule has 0 amide bonds. The van der Waals surface area contributed by atoms with Crippen LogP contribution in [0.4, 0.5) is 5.13 Å². The van der Waals surface area contributed by atoms with Gasteiger partial charge in [0.1, 0.15) is 0 Å². The molecule has 0 N–H and O–H groups in total. The Labute approximate surface area is 122 Å². The Kier molecular flexibility index (Phi) is 3.98. The molecule has 0 radical (unpaired) electrons. The molecule has 3 heterocycles. The molecule has 0 aromatic carbocycles. The smallest absolute Gasteiger partial charge is 0.240 e. The molecule has 1 aliphatic rings. The monoisotopic (exact) mass is 293 g/mol. The molecule has 1 aliphatic heterocycles. The van der Waals surface area contributed by atoms with Crippen LogP contribution in [0, 0.1) is 0 Å². The first-order valence-electron chi connectivity index (χ1n) is 6.91. The molecule has 6 nitrogen and oxygen atoms in total.